The molecule has 0 fully saturated rings. The lowest BCUT2D eigenvalue weighted by Gasteiger charge is -2.13. The van der Waals surface area contributed by atoms with Crippen LogP contribution in [0, 0.1) is 0 Å². The van der Waals surface area contributed by atoms with Crippen molar-refractivity contribution < 1.29 is 8.42 Å². The summed E-state index contributed by atoms with van der Waals surface area (Å²) in [6.07, 6.45) is 1.95. The number of nitrogens with one attached hydrogen (secondary N) is 1. The van der Waals surface area contributed by atoms with Gasteiger partial charge in [-0.15, -0.1) is 0 Å². The van der Waals surface area contributed by atoms with E-state index in [2.05, 4.69) is 5.32 Å². The Kier molecular flexibility index (Phi) is 3.73. The van der Waals surface area contributed by atoms with Crippen molar-refractivity contribution in [3.05, 3.63) is 34.3 Å². The Labute approximate surface area is 106 Å². The molecule has 0 radical (unpaired) electrons. The SMILES string of the molecule is NS(=O)(=O)CCNC1CCc2cc(Cl)ccc21. The van der Waals surface area contributed by atoms with Crippen molar-refractivity contribution >= 4 is 21.6 Å². The van der Waals surface area contributed by atoms with Crippen LogP contribution in [0.1, 0.15) is 23.6 Å². The Morgan fingerprint density at radius 1 is 1.47 bits per heavy atom. The van der Waals surface area contributed by atoms with Crippen molar-refractivity contribution in [1.82, 2.24) is 5.32 Å². The summed E-state index contributed by atoms with van der Waals surface area (Å²) in [5.74, 6) is -0.0353. The molecule has 0 aromatic heterocycles. The standard InChI is InChI=1S/C11H15ClN2O2S/c12-9-2-3-10-8(7-9)1-4-11(10)14-5-6-17(13,15)16/h2-3,7,11,14H,1,4-6H2,(H2,13,15,16). The van der Waals surface area contributed by atoms with Crippen LogP contribution >= 0.6 is 11.6 Å². The van der Waals surface area contributed by atoms with Crippen LogP contribution in [0.4, 0.5) is 0 Å². The molecule has 6 heteroatoms. The average Bonchev–Trinajstić information content (AvgIpc) is 2.59. The highest BCUT2D eigenvalue weighted by molar-refractivity contribution is 7.89. The van der Waals surface area contributed by atoms with Gasteiger partial charge in [0.2, 0.25) is 10.0 Å². The van der Waals surface area contributed by atoms with Crippen LogP contribution in [0.5, 0.6) is 0 Å². The molecule has 94 valence electrons. The molecule has 0 bridgehead atoms. The molecule has 1 aromatic rings. The highest BCUT2D eigenvalue weighted by Crippen LogP contribution is 2.32. The molecule has 0 amide bonds. The molecule has 3 N–H and O–H groups in total. The van der Waals surface area contributed by atoms with Crippen LogP contribution in [0.3, 0.4) is 0 Å². The summed E-state index contributed by atoms with van der Waals surface area (Å²) in [5, 5.41) is 8.91. The van der Waals surface area contributed by atoms with E-state index in [-0.39, 0.29) is 11.8 Å². The third kappa shape index (κ3) is 3.42. The number of rotatable bonds is 4. The quantitative estimate of drug-likeness (QED) is 0.867. The fourth-order valence-corrected chi connectivity index (χ4v) is 2.77. The fourth-order valence-electron chi connectivity index (χ4n) is 2.17. The number of hydrogen-bond donors (Lipinski definition) is 2. The first kappa shape index (κ1) is 12.8. The van der Waals surface area contributed by atoms with Gasteiger partial charge in [0.1, 0.15) is 0 Å². The van der Waals surface area contributed by atoms with Gasteiger partial charge in [-0.25, -0.2) is 13.6 Å². The summed E-state index contributed by atoms with van der Waals surface area (Å²) in [7, 11) is -3.38. The number of halogens is 1. The van der Waals surface area contributed by atoms with E-state index < -0.39 is 10.0 Å². The summed E-state index contributed by atoms with van der Waals surface area (Å²) in [6.45, 7) is 0.381. The van der Waals surface area contributed by atoms with Crippen molar-refractivity contribution in [3.8, 4) is 0 Å². The molecule has 0 saturated carbocycles. The molecule has 0 heterocycles. The van der Waals surface area contributed by atoms with E-state index in [1.165, 1.54) is 11.1 Å². The minimum absolute atomic E-state index is 0.0353. The summed E-state index contributed by atoms with van der Waals surface area (Å²) >= 11 is 5.92. The molecular formula is C11H15ClN2O2S. The second-order valence-electron chi connectivity index (χ2n) is 4.26. The van der Waals surface area contributed by atoms with Crippen LogP contribution < -0.4 is 10.5 Å². The van der Waals surface area contributed by atoms with E-state index in [1.54, 1.807) is 0 Å². The van der Waals surface area contributed by atoms with Gasteiger partial charge in [-0.1, -0.05) is 17.7 Å². The lowest BCUT2D eigenvalue weighted by atomic mass is 10.1. The molecule has 1 atom stereocenters. The number of aryl methyl sites for hydroxylation is 1. The Balaban J connectivity index is 1.98. The monoisotopic (exact) mass is 274 g/mol. The third-order valence-electron chi connectivity index (χ3n) is 2.96. The highest BCUT2D eigenvalue weighted by atomic mass is 35.5. The van der Waals surface area contributed by atoms with Gasteiger partial charge in [-0.2, -0.15) is 0 Å². The van der Waals surface area contributed by atoms with Crippen molar-refractivity contribution in [3.63, 3.8) is 0 Å². The van der Waals surface area contributed by atoms with Gasteiger partial charge in [0.15, 0.2) is 0 Å². The summed E-state index contributed by atoms with van der Waals surface area (Å²) in [5.41, 5.74) is 2.45. The normalized spacial score (nSPS) is 19.3. The molecule has 17 heavy (non-hydrogen) atoms. The summed E-state index contributed by atoms with van der Waals surface area (Å²) in [6, 6.07) is 6.04. The molecule has 4 nitrogen and oxygen atoms in total. The van der Waals surface area contributed by atoms with Gasteiger partial charge in [0.25, 0.3) is 0 Å². The van der Waals surface area contributed by atoms with E-state index in [0.29, 0.717) is 6.54 Å². The van der Waals surface area contributed by atoms with E-state index in [0.717, 1.165) is 17.9 Å². The smallest absolute Gasteiger partial charge is 0.210 e. The minimum Gasteiger partial charge on any atom is -0.309 e. The Morgan fingerprint density at radius 2 is 2.24 bits per heavy atom. The Bertz CT molecular complexity index is 516. The average molecular weight is 275 g/mol. The number of sulfonamides is 1. The molecule has 0 spiro atoms. The molecular weight excluding hydrogens is 260 g/mol. The molecule has 2 rings (SSSR count). The number of hydrogen-bond acceptors (Lipinski definition) is 3. The molecule has 0 aliphatic heterocycles. The predicted octanol–water partition coefficient (Wildman–Crippen LogP) is 1.21. The number of nitrogens with two attached hydrogens (primary N) is 1. The molecule has 1 aliphatic carbocycles. The van der Waals surface area contributed by atoms with Crippen molar-refractivity contribution in [1.29, 1.82) is 0 Å². The number of primary sulfonamides is 1. The van der Waals surface area contributed by atoms with Gasteiger partial charge in [0, 0.05) is 17.6 Å². The maximum atomic E-state index is 10.8. The first-order valence-electron chi connectivity index (χ1n) is 5.48. The van der Waals surface area contributed by atoms with Crippen LogP contribution in [0.15, 0.2) is 18.2 Å². The van der Waals surface area contributed by atoms with Gasteiger partial charge < -0.3 is 5.32 Å². The largest absolute Gasteiger partial charge is 0.309 e. The molecule has 1 aliphatic rings. The third-order valence-corrected chi connectivity index (χ3v) is 3.97. The maximum absolute atomic E-state index is 10.8. The highest BCUT2D eigenvalue weighted by Gasteiger charge is 2.22. The van der Waals surface area contributed by atoms with Crippen LogP contribution in [0.2, 0.25) is 5.02 Å². The van der Waals surface area contributed by atoms with Gasteiger partial charge in [-0.05, 0) is 36.1 Å². The van der Waals surface area contributed by atoms with Crippen LogP contribution in [-0.2, 0) is 16.4 Å². The predicted molar refractivity (Wildman–Crippen MR) is 68.5 cm³/mol. The van der Waals surface area contributed by atoms with Crippen molar-refractivity contribution in [2.45, 2.75) is 18.9 Å². The molecule has 0 saturated heterocycles. The zero-order valence-electron chi connectivity index (χ0n) is 9.32. The van der Waals surface area contributed by atoms with Gasteiger partial charge in [-0.3, -0.25) is 0 Å². The van der Waals surface area contributed by atoms with Gasteiger partial charge >= 0.3 is 0 Å². The van der Waals surface area contributed by atoms with E-state index in [4.69, 9.17) is 16.7 Å². The zero-order chi connectivity index (χ0) is 12.5. The zero-order valence-corrected chi connectivity index (χ0v) is 10.9. The van der Waals surface area contributed by atoms with E-state index in [9.17, 15) is 8.42 Å². The number of fused-ring (bicyclic) bond motifs is 1. The van der Waals surface area contributed by atoms with E-state index >= 15 is 0 Å². The topological polar surface area (TPSA) is 72.2 Å². The fraction of sp³-hybridized carbons (Fsp3) is 0.455. The van der Waals surface area contributed by atoms with Gasteiger partial charge in [0.05, 0.1) is 5.75 Å². The second kappa shape index (κ2) is 4.94. The van der Waals surface area contributed by atoms with Crippen LogP contribution in [0.25, 0.3) is 0 Å². The lowest BCUT2D eigenvalue weighted by Crippen LogP contribution is -2.29. The molecule has 1 unspecified atom stereocenters. The minimum atomic E-state index is -3.38. The van der Waals surface area contributed by atoms with Crippen LogP contribution in [-0.4, -0.2) is 20.7 Å². The lowest BCUT2D eigenvalue weighted by molar-refractivity contribution is 0.542. The Hall–Kier alpha value is -0.620. The first-order valence-corrected chi connectivity index (χ1v) is 7.57. The summed E-state index contributed by atoms with van der Waals surface area (Å²) < 4.78 is 21.6. The summed E-state index contributed by atoms with van der Waals surface area (Å²) in [4.78, 5) is 0. The molecule has 1 aromatic carbocycles. The first-order chi connectivity index (χ1) is 7.96. The Morgan fingerprint density at radius 3 is 2.94 bits per heavy atom. The van der Waals surface area contributed by atoms with Crippen molar-refractivity contribution in [2.24, 2.45) is 5.14 Å². The number of benzene rings is 1. The van der Waals surface area contributed by atoms with Crippen molar-refractivity contribution in [2.75, 3.05) is 12.3 Å². The second-order valence-corrected chi connectivity index (χ2v) is 6.43. The maximum Gasteiger partial charge on any atom is 0.210 e. The van der Waals surface area contributed by atoms with E-state index in [1.807, 2.05) is 18.2 Å².